The van der Waals surface area contributed by atoms with E-state index in [-0.39, 0.29) is 5.91 Å². The van der Waals surface area contributed by atoms with Crippen molar-refractivity contribution in [1.82, 2.24) is 25.1 Å². The number of nitrogens with one attached hydrogen (secondary N) is 1. The minimum Gasteiger partial charge on any atom is -0.495 e. The van der Waals surface area contributed by atoms with Crippen LogP contribution in [0.4, 0.5) is 0 Å². The van der Waals surface area contributed by atoms with E-state index >= 15 is 0 Å². The summed E-state index contributed by atoms with van der Waals surface area (Å²) in [6.07, 6.45) is 1.57. The number of nitrogens with zero attached hydrogens (tertiary/aromatic N) is 4. The minimum absolute atomic E-state index is 0.197. The third-order valence-corrected chi connectivity index (χ3v) is 5.21. The molecule has 0 spiro atoms. The monoisotopic (exact) mass is 399 g/mol. The molecule has 2 aromatic heterocycles. The lowest BCUT2D eigenvalue weighted by Gasteiger charge is -2.08. The van der Waals surface area contributed by atoms with Gasteiger partial charge in [0, 0.05) is 17.7 Å². The van der Waals surface area contributed by atoms with Gasteiger partial charge >= 0.3 is 0 Å². The molecule has 2 aromatic carbocycles. The number of benzene rings is 2. The van der Waals surface area contributed by atoms with Gasteiger partial charge in [0.05, 0.1) is 12.1 Å². The lowest BCUT2D eigenvalue weighted by molar-refractivity contribution is 0.0951. The van der Waals surface area contributed by atoms with Gasteiger partial charge in [0.25, 0.3) is 5.91 Å². The van der Waals surface area contributed by atoms with E-state index in [0.717, 1.165) is 21.1 Å². The molecule has 4 aromatic rings. The van der Waals surface area contributed by atoms with E-state index in [9.17, 15) is 4.79 Å². The first-order valence-electron chi connectivity index (χ1n) is 8.02. The third kappa shape index (κ3) is 3.62. The zero-order valence-corrected chi connectivity index (χ0v) is 15.8. The maximum absolute atomic E-state index is 12.3. The van der Waals surface area contributed by atoms with Gasteiger partial charge < -0.3 is 10.1 Å². The van der Waals surface area contributed by atoms with E-state index in [2.05, 4.69) is 20.6 Å². The van der Waals surface area contributed by atoms with Crippen molar-refractivity contribution >= 4 is 33.8 Å². The maximum atomic E-state index is 12.3. The zero-order valence-electron chi connectivity index (χ0n) is 14.2. The number of ether oxygens (including phenoxy) is 1. The second-order valence-electron chi connectivity index (χ2n) is 5.69. The fraction of sp³-hybridized carbons (Fsp3) is 0.111. The zero-order chi connectivity index (χ0) is 18.8. The van der Waals surface area contributed by atoms with Crippen LogP contribution in [0.1, 0.15) is 15.9 Å². The molecule has 0 unspecified atom stereocenters. The fourth-order valence-corrected chi connectivity index (χ4v) is 3.62. The molecule has 0 bridgehead atoms. The maximum Gasteiger partial charge on any atom is 0.251 e. The van der Waals surface area contributed by atoms with Crippen LogP contribution in [-0.2, 0) is 6.54 Å². The Kier molecular flexibility index (Phi) is 4.74. The van der Waals surface area contributed by atoms with Crippen molar-refractivity contribution in [2.45, 2.75) is 6.54 Å². The summed E-state index contributed by atoms with van der Waals surface area (Å²) in [7, 11) is 1.53. The Labute approximate surface area is 163 Å². The number of amides is 1. The summed E-state index contributed by atoms with van der Waals surface area (Å²) in [6.45, 7) is 0.411. The molecule has 0 atom stereocenters. The van der Waals surface area contributed by atoms with Crippen molar-refractivity contribution in [3.8, 4) is 16.3 Å². The van der Waals surface area contributed by atoms with Crippen molar-refractivity contribution in [3.05, 3.63) is 64.9 Å². The summed E-state index contributed by atoms with van der Waals surface area (Å²) in [5, 5.41) is 16.4. The molecule has 0 saturated heterocycles. The van der Waals surface area contributed by atoms with Crippen LogP contribution in [0.2, 0.25) is 5.02 Å². The number of hydrogen-bond acceptors (Lipinski definition) is 6. The normalized spacial score (nSPS) is 10.9. The highest BCUT2D eigenvalue weighted by molar-refractivity contribution is 7.19. The molecule has 4 rings (SSSR count). The van der Waals surface area contributed by atoms with Crippen molar-refractivity contribution in [3.63, 3.8) is 0 Å². The lowest BCUT2D eigenvalue weighted by atomic mass is 10.1. The van der Waals surface area contributed by atoms with Gasteiger partial charge in [0.2, 0.25) is 4.96 Å². The molecule has 2 heterocycles. The van der Waals surface area contributed by atoms with Gasteiger partial charge in [0.1, 0.15) is 17.1 Å². The number of rotatable bonds is 5. The predicted octanol–water partition coefficient (Wildman–Crippen LogP) is 3.44. The molecule has 0 saturated carbocycles. The van der Waals surface area contributed by atoms with E-state index in [1.165, 1.54) is 18.4 Å². The number of fused-ring (bicyclic) bond motifs is 1. The van der Waals surface area contributed by atoms with Gasteiger partial charge in [-0.1, -0.05) is 47.2 Å². The first-order chi connectivity index (χ1) is 13.1. The molecule has 0 aliphatic rings. The summed E-state index contributed by atoms with van der Waals surface area (Å²) in [5.74, 6) is 0.339. The van der Waals surface area contributed by atoms with Crippen LogP contribution in [0.3, 0.4) is 0 Å². The van der Waals surface area contributed by atoms with Crippen LogP contribution in [0.25, 0.3) is 15.5 Å². The van der Waals surface area contributed by atoms with Gasteiger partial charge in [-0.25, -0.2) is 0 Å². The topological polar surface area (TPSA) is 81.4 Å². The standard InChI is InChI=1S/C18H14ClN5O2S/c1-26-15-7-6-13(8-14(15)19)16(25)20-9-11-2-4-12(5-3-11)17-23-24-10-21-22-18(24)27-17/h2-8,10H,9H2,1H3,(H,20,25). The number of halogens is 1. The van der Waals surface area contributed by atoms with Crippen LogP contribution >= 0.6 is 22.9 Å². The summed E-state index contributed by atoms with van der Waals surface area (Å²) in [4.78, 5) is 13.0. The smallest absolute Gasteiger partial charge is 0.251 e. The number of methoxy groups -OCH3 is 1. The summed E-state index contributed by atoms with van der Waals surface area (Å²) >= 11 is 7.54. The summed E-state index contributed by atoms with van der Waals surface area (Å²) < 4.78 is 6.74. The highest BCUT2D eigenvalue weighted by atomic mass is 35.5. The third-order valence-electron chi connectivity index (χ3n) is 3.95. The van der Waals surface area contributed by atoms with E-state index in [4.69, 9.17) is 16.3 Å². The van der Waals surface area contributed by atoms with Gasteiger partial charge in [-0.2, -0.15) is 9.61 Å². The van der Waals surface area contributed by atoms with Crippen LogP contribution < -0.4 is 10.1 Å². The molecule has 0 fully saturated rings. The second-order valence-corrected chi connectivity index (χ2v) is 7.06. The molecule has 9 heteroatoms. The number of hydrogen-bond donors (Lipinski definition) is 1. The molecule has 1 amide bonds. The number of aromatic nitrogens is 4. The van der Waals surface area contributed by atoms with Crippen LogP contribution in [0, 0.1) is 0 Å². The Hall–Kier alpha value is -2.97. The Morgan fingerprint density at radius 3 is 2.78 bits per heavy atom. The SMILES string of the molecule is COc1ccc(C(=O)NCc2ccc(-c3nn4cnnc4s3)cc2)cc1Cl. The van der Waals surface area contributed by atoms with E-state index in [1.54, 1.807) is 29.0 Å². The Morgan fingerprint density at radius 1 is 1.26 bits per heavy atom. The highest BCUT2D eigenvalue weighted by Gasteiger charge is 2.10. The highest BCUT2D eigenvalue weighted by Crippen LogP contribution is 2.26. The molecule has 7 nitrogen and oxygen atoms in total. The minimum atomic E-state index is -0.197. The summed E-state index contributed by atoms with van der Waals surface area (Å²) in [6, 6.07) is 12.8. The van der Waals surface area contributed by atoms with Crippen molar-refractivity contribution in [2.75, 3.05) is 7.11 Å². The van der Waals surface area contributed by atoms with Gasteiger partial charge in [-0.05, 0) is 23.8 Å². The summed E-state index contributed by atoms with van der Waals surface area (Å²) in [5.41, 5.74) is 2.45. The van der Waals surface area contributed by atoms with Crippen molar-refractivity contribution in [2.24, 2.45) is 0 Å². The molecule has 0 aliphatic carbocycles. The van der Waals surface area contributed by atoms with Gasteiger partial charge in [-0.15, -0.1) is 10.2 Å². The second kappa shape index (κ2) is 7.34. The predicted molar refractivity (Wildman–Crippen MR) is 103 cm³/mol. The first-order valence-corrected chi connectivity index (χ1v) is 9.21. The van der Waals surface area contributed by atoms with Crippen molar-refractivity contribution in [1.29, 1.82) is 0 Å². The Morgan fingerprint density at radius 2 is 2.07 bits per heavy atom. The van der Waals surface area contributed by atoms with Crippen LogP contribution in [0.15, 0.2) is 48.8 Å². The largest absolute Gasteiger partial charge is 0.495 e. The first kappa shape index (κ1) is 17.4. The number of carbonyl (C=O) groups is 1. The van der Waals surface area contributed by atoms with Crippen LogP contribution in [-0.4, -0.2) is 32.8 Å². The molecular weight excluding hydrogens is 386 g/mol. The van der Waals surface area contributed by atoms with E-state index in [1.807, 2.05) is 24.3 Å². The van der Waals surface area contributed by atoms with E-state index in [0.29, 0.717) is 22.9 Å². The molecule has 0 radical (unpaired) electrons. The molecular formula is C18H14ClN5O2S. The number of carbonyl (C=O) groups excluding carboxylic acids is 1. The van der Waals surface area contributed by atoms with Gasteiger partial charge in [0.15, 0.2) is 0 Å². The van der Waals surface area contributed by atoms with Gasteiger partial charge in [-0.3, -0.25) is 4.79 Å². The Bertz CT molecular complexity index is 1080. The molecule has 0 aliphatic heterocycles. The average Bonchev–Trinajstić information content (AvgIpc) is 3.28. The van der Waals surface area contributed by atoms with Crippen LogP contribution in [0.5, 0.6) is 5.75 Å². The lowest BCUT2D eigenvalue weighted by Crippen LogP contribution is -2.22. The Balaban J connectivity index is 1.41. The quantitative estimate of drug-likeness (QED) is 0.556. The fourth-order valence-electron chi connectivity index (χ4n) is 2.53. The molecule has 1 N–H and O–H groups in total. The van der Waals surface area contributed by atoms with Crippen molar-refractivity contribution < 1.29 is 9.53 Å². The van der Waals surface area contributed by atoms with E-state index < -0.39 is 0 Å². The molecule has 136 valence electrons. The average molecular weight is 400 g/mol. The molecule has 27 heavy (non-hydrogen) atoms.